The Morgan fingerprint density at radius 3 is 3.00 bits per heavy atom. The van der Waals surface area contributed by atoms with Crippen molar-refractivity contribution < 1.29 is 4.39 Å². The van der Waals surface area contributed by atoms with E-state index >= 15 is 0 Å². The number of piperidine rings is 1. The molecule has 0 radical (unpaired) electrons. The zero-order chi connectivity index (χ0) is 11.8. The molecule has 3 unspecified atom stereocenters. The molecule has 92 valence electrons. The first kappa shape index (κ1) is 11.3. The molecule has 3 rings (SSSR count). The highest BCUT2D eigenvalue weighted by atomic mass is 35.5. The molecule has 0 aliphatic carbocycles. The summed E-state index contributed by atoms with van der Waals surface area (Å²) in [5.41, 5.74) is 0.733. The van der Waals surface area contributed by atoms with Crippen molar-refractivity contribution in [2.45, 2.75) is 18.9 Å². The molecule has 3 atom stereocenters. The predicted octanol–water partition coefficient (Wildman–Crippen LogP) is 2.99. The summed E-state index contributed by atoms with van der Waals surface area (Å²) in [6.07, 6.45) is 2.36. The van der Waals surface area contributed by atoms with Gasteiger partial charge in [-0.15, -0.1) is 0 Å². The minimum Gasteiger partial charge on any atom is -0.381 e. The van der Waals surface area contributed by atoms with Crippen LogP contribution >= 0.6 is 11.6 Å². The molecule has 2 aliphatic rings. The fourth-order valence-electron chi connectivity index (χ4n) is 2.95. The van der Waals surface area contributed by atoms with Gasteiger partial charge in [0.05, 0.1) is 10.7 Å². The van der Waals surface area contributed by atoms with Gasteiger partial charge in [-0.1, -0.05) is 11.6 Å². The van der Waals surface area contributed by atoms with Gasteiger partial charge in [-0.05, 0) is 43.5 Å². The number of nitrogens with one attached hydrogen (secondary N) is 1. The van der Waals surface area contributed by atoms with Gasteiger partial charge in [0.15, 0.2) is 0 Å². The number of anilines is 1. The average molecular weight is 255 g/mol. The van der Waals surface area contributed by atoms with Crippen molar-refractivity contribution in [3.63, 3.8) is 0 Å². The summed E-state index contributed by atoms with van der Waals surface area (Å²) in [6, 6.07) is 4.94. The number of nitrogens with zero attached hydrogens (tertiary/aromatic N) is 1. The van der Waals surface area contributed by atoms with Crippen molar-refractivity contribution in [2.24, 2.45) is 5.92 Å². The average Bonchev–Trinajstić information content (AvgIpc) is 2.70. The lowest BCUT2D eigenvalue weighted by Gasteiger charge is -2.31. The summed E-state index contributed by atoms with van der Waals surface area (Å²) in [7, 11) is 0. The summed E-state index contributed by atoms with van der Waals surface area (Å²) in [5, 5.41) is 4.02. The van der Waals surface area contributed by atoms with Gasteiger partial charge in [0.25, 0.3) is 0 Å². The summed E-state index contributed by atoms with van der Waals surface area (Å²) in [6.45, 7) is 3.52. The Morgan fingerprint density at radius 1 is 1.29 bits per heavy atom. The normalized spacial score (nSPS) is 31.5. The first-order valence-corrected chi connectivity index (χ1v) is 6.54. The predicted molar refractivity (Wildman–Crippen MR) is 68.0 cm³/mol. The lowest BCUT2D eigenvalue weighted by molar-refractivity contribution is 0.255. The van der Waals surface area contributed by atoms with Crippen LogP contribution in [0.25, 0.3) is 0 Å². The number of rotatable bonds is 2. The van der Waals surface area contributed by atoms with Crippen LogP contribution in [0.5, 0.6) is 0 Å². The maximum absolute atomic E-state index is 13.2. The maximum Gasteiger partial charge on any atom is 0.125 e. The van der Waals surface area contributed by atoms with Crippen molar-refractivity contribution >= 4 is 17.3 Å². The number of benzene rings is 1. The van der Waals surface area contributed by atoms with E-state index in [-0.39, 0.29) is 5.82 Å². The van der Waals surface area contributed by atoms with Crippen LogP contribution in [0.3, 0.4) is 0 Å². The molecular weight excluding hydrogens is 239 g/mol. The molecule has 2 nitrogen and oxygen atoms in total. The maximum atomic E-state index is 13.2. The van der Waals surface area contributed by atoms with Gasteiger partial charge < -0.3 is 10.2 Å². The lowest BCUT2D eigenvalue weighted by atomic mass is 9.94. The van der Waals surface area contributed by atoms with E-state index < -0.39 is 0 Å². The molecule has 17 heavy (non-hydrogen) atoms. The summed E-state index contributed by atoms with van der Waals surface area (Å²) >= 11 is 6.08. The molecule has 1 aromatic rings. The molecule has 1 N–H and O–H groups in total. The van der Waals surface area contributed by atoms with Crippen molar-refractivity contribution in [3.8, 4) is 0 Å². The molecular formula is C13H16ClFN2. The quantitative estimate of drug-likeness (QED) is 0.873. The van der Waals surface area contributed by atoms with Gasteiger partial charge in [0.2, 0.25) is 0 Å². The molecule has 0 amide bonds. The van der Waals surface area contributed by atoms with E-state index in [9.17, 15) is 4.39 Å². The van der Waals surface area contributed by atoms with Gasteiger partial charge in [0, 0.05) is 19.1 Å². The van der Waals surface area contributed by atoms with Gasteiger partial charge in [-0.2, -0.15) is 0 Å². The number of halogens is 2. The van der Waals surface area contributed by atoms with Crippen molar-refractivity contribution in [1.82, 2.24) is 4.90 Å². The molecule has 0 spiro atoms. The van der Waals surface area contributed by atoms with Gasteiger partial charge in [-0.3, -0.25) is 0 Å². The number of hydrogen-bond acceptors (Lipinski definition) is 2. The van der Waals surface area contributed by atoms with Crippen LogP contribution in [0.4, 0.5) is 10.1 Å². The fourth-order valence-corrected chi connectivity index (χ4v) is 3.12. The first-order chi connectivity index (χ1) is 8.22. The van der Waals surface area contributed by atoms with Crippen molar-refractivity contribution in [1.29, 1.82) is 0 Å². The summed E-state index contributed by atoms with van der Waals surface area (Å²) in [5.74, 6) is 0.448. The van der Waals surface area contributed by atoms with Gasteiger partial charge in [-0.25, -0.2) is 4.39 Å². The Hall–Kier alpha value is -0.800. The zero-order valence-corrected chi connectivity index (χ0v) is 10.4. The van der Waals surface area contributed by atoms with Gasteiger partial charge in [0.1, 0.15) is 5.82 Å². The van der Waals surface area contributed by atoms with E-state index in [4.69, 9.17) is 11.6 Å². The fraction of sp³-hybridized carbons (Fsp3) is 0.538. The van der Waals surface area contributed by atoms with E-state index in [0.717, 1.165) is 18.7 Å². The second kappa shape index (κ2) is 4.46. The molecule has 0 saturated carbocycles. The molecule has 2 saturated heterocycles. The van der Waals surface area contributed by atoms with Crippen LogP contribution in [-0.4, -0.2) is 30.6 Å². The smallest absolute Gasteiger partial charge is 0.125 e. The molecule has 4 heteroatoms. The Labute approximate surface area is 106 Å². The van der Waals surface area contributed by atoms with E-state index in [1.807, 2.05) is 0 Å². The Bertz CT molecular complexity index is 424. The molecule has 2 aliphatic heterocycles. The second-order valence-electron chi connectivity index (χ2n) is 5.01. The molecule has 2 bridgehead atoms. The highest BCUT2D eigenvalue weighted by Crippen LogP contribution is 2.31. The van der Waals surface area contributed by atoms with Crippen LogP contribution in [0.2, 0.25) is 5.02 Å². The minimum absolute atomic E-state index is 0.235. The topological polar surface area (TPSA) is 15.3 Å². The van der Waals surface area contributed by atoms with E-state index in [1.165, 1.54) is 31.6 Å². The molecule has 2 fully saturated rings. The summed E-state index contributed by atoms with van der Waals surface area (Å²) in [4.78, 5) is 2.50. The molecule has 0 aromatic heterocycles. The van der Waals surface area contributed by atoms with E-state index in [2.05, 4.69) is 10.2 Å². The SMILES string of the molecule is Fc1ccc(Cl)c(NC2CCN3CCC2C3)c1. The van der Waals surface area contributed by atoms with Crippen LogP contribution in [0.15, 0.2) is 18.2 Å². The third kappa shape index (κ3) is 2.26. The van der Waals surface area contributed by atoms with Crippen LogP contribution < -0.4 is 5.32 Å². The van der Waals surface area contributed by atoms with Crippen LogP contribution in [-0.2, 0) is 0 Å². The van der Waals surface area contributed by atoms with Crippen LogP contribution in [0.1, 0.15) is 12.8 Å². The van der Waals surface area contributed by atoms with Crippen molar-refractivity contribution in [2.75, 3.05) is 25.0 Å². The monoisotopic (exact) mass is 254 g/mol. The third-order valence-corrected chi connectivity index (χ3v) is 4.23. The Balaban J connectivity index is 1.75. The second-order valence-corrected chi connectivity index (χ2v) is 5.42. The highest BCUT2D eigenvalue weighted by molar-refractivity contribution is 6.33. The largest absolute Gasteiger partial charge is 0.381 e. The number of fused-ring (bicyclic) bond motifs is 2. The van der Waals surface area contributed by atoms with Crippen LogP contribution in [0, 0.1) is 11.7 Å². The minimum atomic E-state index is -0.235. The Kier molecular flexibility index (Phi) is 2.97. The third-order valence-electron chi connectivity index (χ3n) is 3.90. The molecule has 2 heterocycles. The lowest BCUT2D eigenvalue weighted by Crippen LogP contribution is -2.39. The number of hydrogen-bond donors (Lipinski definition) is 1. The Morgan fingerprint density at radius 2 is 2.12 bits per heavy atom. The standard InChI is InChI=1S/C13H16ClFN2/c14-11-2-1-10(15)7-13(11)16-12-4-6-17-5-3-9(12)8-17/h1-2,7,9,12,16H,3-6,8H2. The first-order valence-electron chi connectivity index (χ1n) is 6.16. The summed E-state index contributed by atoms with van der Waals surface area (Å²) < 4.78 is 13.2. The van der Waals surface area contributed by atoms with E-state index in [1.54, 1.807) is 6.07 Å². The highest BCUT2D eigenvalue weighted by Gasteiger charge is 2.34. The van der Waals surface area contributed by atoms with Gasteiger partial charge >= 0.3 is 0 Å². The van der Waals surface area contributed by atoms with Crippen molar-refractivity contribution in [3.05, 3.63) is 29.0 Å². The molecule has 1 aromatic carbocycles. The van der Waals surface area contributed by atoms with E-state index in [0.29, 0.717) is 17.0 Å². The zero-order valence-electron chi connectivity index (χ0n) is 9.63.